The van der Waals surface area contributed by atoms with Gasteiger partial charge in [0.05, 0.1) is 17.7 Å². The standard InChI is InChI=1S/C19H25NO4S/c1-4-5-11-20(18-12-15(2)9-10-19(18)24-3)14-16-7-6-8-17(13-16)25(21,22)23/h6-10,12-13H,4-5,11,14H2,1-3H3,(H,21,22,23). The Kier molecular flexibility index (Phi) is 6.45. The van der Waals surface area contributed by atoms with E-state index in [2.05, 4.69) is 17.9 Å². The molecule has 0 radical (unpaired) electrons. The van der Waals surface area contributed by atoms with Crippen molar-refractivity contribution in [1.29, 1.82) is 0 Å². The number of rotatable bonds is 8. The van der Waals surface area contributed by atoms with E-state index >= 15 is 0 Å². The summed E-state index contributed by atoms with van der Waals surface area (Å²) in [5.41, 5.74) is 2.92. The summed E-state index contributed by atoms with van der Waals surface area (Å²) in [5, 5.41) is 0. The summed E-state index contributed by atoms with van der Waals surface area (Å²) in [4.78, 5) is 2.09. The third-order valence-electron chi connectivity index (χ3n) is 4.03. The molecule has 6 heteroatoms. The minimum absolute atomic E-state index is 0.0864. The van der Waals surface area contributed by atoms with E-state index in [1.165, 1.54) is 12.1 Å². The molecule has 0 aliphatic rings. The van der Waals surface area contributed by atoms with Crippen molar-refractivity contribution in [2.24, 2.45) is 0 Å². The van der Waals surface area contributed by atoms with Crippen LogP contribution in [0.5, 0.6) is 5.75 Å². The number of anilines is 1. The van der Waals surface area contributed by atoms with E-state index in [0.717, 1.165) is 42.0 Å². The highest BCUT2D eigenvalue weighted by molar-refractivity contribution is 7.85. The Hall–Kier alpha value is -2.05. The number of benzene rings is 2. The molecule has 1 N–H and O–H groups in total. The van der Waals surface area contributed by atoms with Crippen LogP contribution in [0.4, 0.5) is 5.69 Å². The Morgan fingerprint density at radius 2 is 1.92 bits per heavy atom. The van der Waals surface area contributed by atoms with Gasteiger partial charge < -0.3 is 9.64 Å². The second-order valence-corrected chi connectivity index (χ2v) is 7.49. The first-order valence-electron chi connectivity index (χ1n) is 8.31. The summed E-state index contributed by atoms with van der Waals surface area (Å²) < 4.78 is 37.5. The van der Waals surface area contributed by atoms with E-state index in [1.807, 2.05) is 25.1 Å². The average Bonchev–Trinajstić information content (AvgIpc) is 2.58. The fraction of sp³-hybridized carbons (Fsp3) is 0.368. The van der Waals surface area contributed by atoms with Gasteiger partial charge in [-0.3, -0.25) is 4.55 Å². The Morgan fingerprint density at radius 1 is 1.16 bits per heavy atom. The molecule has 0 spiro atoms. The normalized spacial score (nSPS) is 11.4. The van der Waals surface area contributed by atoms with Crippen molar-refractivity contribution in [3.63, 3.8) is 0 Å². The van der Waals surface area contributed by atoms with Crippen molar-refractivity contribution in [2.75, 3.05) is 18.6 Å². The first-order valence-corrected chi connectivity index (χ1v) is 9.75. The molecule has 2 aromatic carbocycles. The van der Waals surface area contributed by atoms with Crippen LogP contribution < -0.4 is 9.64 Å². The number of ether oxygens (including phenoxy) is 1. The number of hydrogen-bond acceptors (Lipinski definition) is 4. The van der Waals surface area contributed by atoms with Crippen LogP contribution in [-0.4, -0.2) is 26.6 Å². The van der Waals surface area contributed by atoms with Crippen LogP contribution in [0.15, 0.2) is 47.4 Å². The van der Waals surface area contributed by atoms with Gasteiger partial charge in [0.1, 0.15) is 5.75 Å². The number of methoxy groups -OCH3 is 1. The number of hydrogen-bond donors (Lipinski definition) is 1. The molecule has 0 heterocycles. The molecule has 0 bridgehead atoms. The molecule has 0 atom stereocenters. The first kappa shape index (κ1) is 19.3. The van der Waals surface area contributed by atoms with E-state index in [-0.39, 0.29) is 4.90 Å². The molecule has 136 valence electrons. The number of unbranched alkanes of at least 4 members (excludes halogenated alkanes) is 1. The fourth-order valence-electron chi connectivity index (χ4n) is 2.71. The third-order valence-corrected chi connectivity index (χ3v) is 4.88. The topological polar surface area (TPSA) is 66.8 Å². The molecular formula is C19H25NO4S. The number of nitrogens with zero attached hydrogens (tertiary/aromatic N) is 1. The van der Waals surface area contributed by atoms with E-state index in [0.29, 0.717) is 6.54 Å². The molecule has 0 unspecified atom stereocenters. The second kappa shape index (κ2) is 8.36. The summed E-state index contributed by atoms with van der Waals surface area (Å²) in [7, 11) is -2.56. The van der Waals surface area contributed by atoms with Crippen LogP contribution in [0.1, 0.15) is 30.9 Å². The van der Waals surface area contributed by atoms with Gasteiger partial charge in [0, 0.05) is 13.1 Å². The maximum Gasteiger partial charge on any atom is 0.294 e. The van der Waals surface area contributed by atoms with Crippen LogP contribution in [0.2, 0.25) is 0 Å². The van der Waals surface area contributed by atoms with Crippen LogP contribution in [0.25, 0.3) is 0 Å². The van der Waals surface area contributed by atoms with Gasteiger partial charge in [-0.25, -0.2) is 0 Å². The van der Waals surface area contributed by atoms with Crippen LogP contribution in [0.3, 0.4) is 0 Å². The molecule has 5 nitrogen and oxygen atoms in total. The monoisotopic (exact) mass is 363 g/mol. The van der Waals surface area contributed by atoms with Gasteiger partial charge in [-0.2, -0.15) is 8.42 Å². The highest BCUT2D eigenvalue weighted by atomic mass is 32.2. The molecule has 0 saturated carbocycles. The van der Waals surface area contributed by atoms with Gasteiger partial charge in [0.2, 0.25) is 0 Å². The molecule has 0 aliphatic heterocycles. The Labute approximate surface area is 150 Å². The van der Waals surface area contributed by atoms with Crippen LogP contribution in [0, 0.1) is 6.92 Å². The lowest BCUT2D eigenvalue weighted by molar-refractivity contribution is 0.414. The molecule has 0 aliphatic carbocycles. The quantitative estimate of drug-likeness (QED) is 0.717. The summed E-state index contributed by atoms with van der Waals surface area (Å²) in [6.45, 7) is 5.51. The zero-order valence-corrected chi connectivity index (χ0v) is 15.7. The molecule has 0 saturated heterocycles. The summed E-state index contributed by atoms with van der Waals surface area (Å²) in [6, 6.07) is 12.4. The fourth-order valence-corrected chi connectivity index (χ4v) is 3.26. The Balaban J connectivity index is 2.38. The van der Waals surface area contributed by atoms with Crippen molar-refractivity contribution in [3.05, 3.63) is 53.6 Å². The van der Waals surface area contributed by atoms with Crippen molar-refractivity contribution in [2.45, 2.75) is 38.1 Å². The summed E-state index contributed by atoms with van der Waals surface area (Å²) in [5.74, 6) is 0.785. The Bertz CT molecular complexity index is 818. The third kappa shape index (κ3) is 5.21. The lowest BCUT2D eigenvalue weighted by Gasteiger charge is -2.27. The lowest BCUT2D eigenvalue weighted by Crippen LogP contribution is -2.24. The Morgan fingerprint density at radius 3 is 2.56 bits per heavy atom. The molecular weight excluding hydrogens is 338 g/mol. The molecule has 25 heavy (non-hydrogen) atoms. The average molecular weight is 363 g/mol. The van der Waals surface area contributed by atoms with E-state index < -0.39 is 10.1 Å². The largest absolute Gasteiger partial charge is 0.495 e. The van der Waals surface area contributed by atoms with Gasteiger partial charge in [0.15, 0.2) is 0 Å². The SMILES string of the molecule is CCCCN(Cc1cccc(S(=O)(=O)O)c1)c1cc(C)ccc1OC. The second-order valence-electron chi connectivity index (χ2n) is 6.07. The van der Waals surface area contributed by atoms with Gasteiger partial charge in [-0.05, 0) is 48.7 Å². The predicted octanol–water partition coefficient (Wildman–Crippen LogP) is 4.06. The van der Waals surface area contributed by atoms with Gasteiger partial charge in [-0.15, -0.1) is 0 Å². The lowest BCUT2D eigenvalue weighted by atomic mass is 10.1. The van der Waals surface area contributed by atoms with E-state index in [4.69, 9.17) is 4.74 Å². The van der Waals surface area contributed by atoms with Crippen LogP contribution >= 0.6 is 0 Å². The molecule has 2 aromatic rings. The van der Waals surface area contributed by atoms with Crippen molar-refractivity contribution >= 4 is 15.8 Å². The maximum absolute atomic E-state index is 11.4. The van der Waals surface area contributed by atoms with Crippen molar-refractivity contribution in [3.8, 4) is 5.75 Å². The smallest absolute Gasteiger partial charge is 0.294 e. The van der Waals surface area contributed by atoms with Crippen LogP contribution in [-0.2, 0) is 16.7 Å². The van der Waals surface area contributed by atoms with Gasteiger partial charge in [0.25, 0.3) is 10.1 Å². The summed E-state index contributed by atoms with van der Waals surface area (Å²) in [6.07, 6.45) is 2.06. The predicted molar refractivity (Wildman–Crippen MR) is 99.9 cm³/mol. The zero-order valence-electron chi connectivity index (χ0n) is 14.9. The summed E-state index contributed by atoms with van der Waals surface area (Å²) >= 11 is 0. The van der Waals surface area contributed by atoms with Crippen molar-refractivity contribution in [1.82, 2.24) is 0 Å². The minimum atomic E-state index is -4.21. The zero-order chi connectivity index (χ0) is 18.4. The first-order chi connectivity index (χ1) is 11.8. The highest BCUT2D eigenvalue weighted by Gasteiger charge is 2.15. The number of aryl methyl sites for hydroxylation is 1. The highest BCUT2D eigenvalue weighted by Crippen LogP contribution is 2.31. The molecule has 0 amide bonds. The van der Waals surface area contributed by atoms with E-state index in [9.17, 15) is 13.0 Å². The van der Waals surface area contributed by atoms with Gasteiger partial charge in [-0.1, -0.05) is 31.5 Å². The van der Waals surface area contributed by atoms with Crippen molar-refractivity contribution < 1.29 is 17.7 Å². The molecule has 0 aromatic heterocycles. The van der Waals surface area contributed by atoms with Gasteiger partial charge >= 0.3 is 0 Å². The maximum atomic E-state index is 11.4. The minimum Gasteiger partial charge on any atom is -0.495 e. The molecule has 0 fully saturated rings. The van der Waals surface area contributed by atoms with E-state index in [1.54, 1.807) is 13.2 Å². The molecule has 2 rings (SSSR count).